The van der Waals surface area contributed by atoms with Gasteiger partial charge in [-0.1, -0.05) is 24.8 Å². The highest BCUT2D eigenvalue weighted by Crippen LogP contribution is 2.17. The minimum absolute atomic E-state index is 0.0183. The van der Waals surface area contributed by atoms with Gasteiger partial charge >= 0.3 is 0 Å². The molecule has 1 amide bonds. The maximum atomic E-state index is 12.0. The summed E-state index contributed by atoms with van der Waals surface area (Å²) in [7, 11) is 2.17. The van der Waals surface area contributed by atoms with Gasteiger partial charge in [0, 0.05) is 18.7 Å². The molecule has 1 saturated heterocycles. The van der Waals surface area contributed by atoms with E-state index >= 15 is 0 Å². The number of rotatable bonds is 5. The number of amides is 1. The lowest BCUT2D eigenvalue weighted by molar-refractivity contribution is 0.0948. The van der Waals surface area contributed by atoms with Crippen molar-refractivity contribution < 1.29 is 4.79 Å². The molecule has 0 spiro atoms. The monoisotopic (exact) mass is 272 g/mol. The second kappa shape index (κ2) is 7.25. The lowest BCUT2D eigenvalue weighted by Crippen LogP contribution is -2.34. The summed E-state index contributed by atoms with van der Waals surface area (Å²) in [6.45, 7) is 6.84. The van der Waals surface area contributed by atoms with Crippen LogP contribution < -0.4 is 5.32 Å². The first-order chi connectivity index (χ1) is 9.69. The van der Waals surface area contributed by atoms with E-state index in [1.54, 1.807) is 6.08 Å². The Labute approximate surface area is 121 Å². The summed E-state index contributed by atoms with van der Waals surface area (Å²) in [5.74, 6) is 0.738. The lowest BCUT2D eigenvalue weighted by atomic mass is 9.95. The Morgan fingerprint density at radius 1 is 1.45 bits per heavy atom. The Kier molecular flexibility index (Phi) is 5.36. The van der Waals surface area contributed by atoms with Crippen LogP contribution in [0.25, 0.3) is 6.08 Å². The van der Waals surface area contributed by atoms with Crippen LogP contribution in [0.15, 0.2) is 30.8 Å². The third-order valence-electron chi connectivity index (χ3n) is 3.97. The van der Waals surface area contributed by atoms with Gasteiger partial charge in [0.05, 0.1) is 0 Å². The van der Waals surface area contributed by atoms with Crippen LogP contribution in [-0.4, -0.2) is 37.5 Å². The summed E-state index contributed by atoms with van der Waals surface area (Å²) in [5, 5.41) is 3.02. The molecule has 0 saturated carbocycles. The van der Waals surface area contributed by atoms with Crippen LogP contribution >= 0.6 is 0 Å². The van der Waals surface area contributed by atoms with Crippen LogP contribution in [0.3, 0.4) is 0 Å². The highest BCUT2D eigenvalue weighted by atomic mass is 16.1. The molecular formula is C17H24N2O. The van der Waals surface area contributed by atoms with Gasteiger partial charge in [0.1, 0.15) is 0 Å². The van der Waals surface area contributed by atoms with Gasteiger partial charge in [-0.25, -0.2) is 0 Å². The molecule has 1 heterocycles. The first-order valence-corrected chi connectivity index (χ1v) is 7.38. The molecule has 1 unspecified atom stereocenters. The van der Waals surface area contributed by atoms with E-state index in [9.17, 15) is 4.79 Å². The number of likely N-dealkylation sites (tertiary alicyclic amines) is 1. The smallest absolute Gasteiger partial charge is 0.251 e. The van der Waals surface area contributed by atoms with Gasteiger partial charge in [0.15, 0.2) is 0 Å². The lowest BCUT2D eigenvalue weighted by Gasteiger charge is -2.29. The molecule has 1 atom stereocenters. The van der Waals surface area contributed by atoms with E-state index < -0.39 is 0 Å². The molecule has 2 rings (SSSR count). The molecule has 1 N–H and O–H groups in total. The molecule has 3 heteroatoms. The van der Waals surface area contributed by atoms with E-state index in [1.807, 2.05) is 24.3 Å². The van der Waals surface area contributed by atoms with Crippen molar-refractivity contribution in [1.82, 2.24) is 10.2 Å². The zero-order chi connectivity index (χ0) is 14.4. The SMILES string of the molecule is C=Cc1ccc(C(=O)NCCC2CCCN(C)C2)cc1. The van der Waals surface area contributed by atoms with E-state index in [2.05, 4.69) is 23.8 Å². The number of carbonyl (C=O) groups is 1. The van der Waals surface area contributed by atoms with Crippen molar-refractivity contribution in [2.24, 2.45) is 5.92 Å². The molecule has 0 bridgehead atoms. The van der Waals surface area contributed by atoms with Gasteiger partial charge in [-0.2, -0.15) is 0 Å². The number of nitrogens with one attached hydrogen (secondary N) is 1. The quantitative estimate of drug-likeness (QED) is 0.894. The van der Waals surface area contributed by atoms with Crippen LogP contribution in [0.1, 0.15) is 35.2 Å². The van der Waals surface area contributed by atoms with Crippen LogP contribution in [0, 0.1) is 5.92 Å². The van der Waals surface area contributed by atoms with Gasteiger partial charge in [-0.3, -0.25) is 4.79 Å². The summed E-state index contributed by atoms with van der Waals surface area (Å²) >= 11 is 0. The van der Waals surface area contributed by atoms with Gasteiger partial charge in [0.25, 0.3) is 5.91 Å². The Bertz CT molecular complexity index is 453. The molecule has 108 valence electrons. The summed E-state index contributed by atoms with van der Waals surface area (Å²) in [5.41, 5.74) is 1.75. The fourth-order valence-electron chi connectivity index (χ4n) is 2.77. The third-order valence-corrected chi connectivity index (χ3v) is 3.97. The predicted molar refractivity (Wildman–Crippen MR) is 83.7 cm³/mol. The fraction of sp³-hybridized carbons (Fsp3) is 0.471. The van der Waals surface area contributed by atoms with E-state index in [-0.39, 0.29) is 5.91 Å². The summed E-state index contributed by atoms with van der Waals surface area (Å²) < 4.78 is 0. The maximum Gasteiger partial charge on any atom is 0.251 e. The van der Waals surface area contributed by atoms with Crippen LogP contribution in [0.2, 0.25) is 0 Å². The first kappa shape index (κ1) is 14.8. The normalized spacial score (nSPS) is 19.6. The number of piperidine rings is 1. The number of nitrogens with zero attached hydrogens (tertiary/aromatic N) is 1. The molecule has 0 aromatic heterocycles. The maximum absolute atomic E-state index is 12.0. The molecule has 0 radical (unpaired) electrons. The van der Waals surface area contributed by atoms with Crippen molar-refractivity contribution in [3.8, 4) is 0 Å². The first-order valence-electron chi connectivity index (χ1n) is 7.38. The van der Waals surface area contributed by atoms with E-state index in [0.717, 1.165) is 36.6 Å². The van der Waals surface area contributed by atoms with Crippen molar-refractivity contribution in [2.45, 2.75) is 19.3 Å². The molecule has 1 fully saturated rings. The minimum Gasteiger partial charge on any atom is -0.352 e. The Morgan fingerprint density at radius 2 is 2.20 bits per heavy atom. The van der Waals surface area contributed by atoms with Crippen molar-refractivity contribution in [1.29, 1.82) is 0 Å². The van der Waals surface area contributed by atoms with Crippen molar-refractivity contribution in [3.63, 3.8) is 0 Å². The van der Waals surface area contributed by atoms with Gasteiger partial charge in [0.2, 0.25) is 0 Å². The number of carbonyl (C=O) groups excluding carboxylic acids is 1. The predicted octanol–water partition coefficient (Wildman–Crippen LogP) is 2.79. The van der Waals surface area contributed by atoms with Crippen molar-refractivity contribution in [2.75, 3.05) is 26.7 Å². The molecule has 1 aliphatic rings. The number of hydrogen-bond acceptors (Lipinski definition) is 2. The fourth-order valence-corrected chi connectivity index (χ4v) is 2.77. The molecule has 1 aromatic carbocycles. The number of hydrogen-bond donors (Lipinski definition) is 1. The zero-order valence-corrected chi connectivity index (χ0v) is 12.3. The van der Waals surface area contributed by atoms with Gasteiger partial charge < -0.3 is 10.2 Å². The molecule has 1 aromatic rings. The summed E-state index contributed by atoms with van der Waals surface area (Å²) in [6.07, 6.45) is 5.41. The summed E-state index contributed by atoms with van der Waals surface area (Å²) in [6, 6.07) is 7.53. The molecular weight excluding hydrogens is 248 g/mol. The Morgan fingerprint density at radius 3 is 2.85 bits per heavy atom. The third kappa shape index (κ3) is 4.20. The summed E-state index contributed by atoms with van der Waals surface area (Å²) in [4.78, 5) is 14.4. The second-order valence-corrected chi connectivity index (χ2v) is 5.64. The van der Waals surface area contributed by atoms with E-state index in [0.29, 0.717) is 0 Å². The molecule has 3 nitrogen and oxygen atoms in total. The average molecular weight is 272 g/mol. The van der Waals surface area contributed by atoms with Crippen molar-refractivity contribution in [3.05, 3.63) is 42.0 Å². The van der Waals surface area contributed by atoms with Gasteiger partial charge in [-0.15, -0.1) is 0 Å². The molecule has 1 aliphatic heterocycles. The molecule has 0 aliphatic carbocycles. The van der Waals surface area contributed by atoms with Crippen LogP contribution in [0.4, 0.5) is 0 Å². The second-order valence-electron chi connectivity index (χ2n) is 5.64. The number of benzene rings is 1. The van der Waals surface area contributed by atoms with E-state index in [1.165, 1.54) is 19.4 Å². The standard InChI is InChI=1S/C17H24N2O/c1-3-14-6-8-16(9-7-14)17(20)18-11-10-15-5-4-12-19(2)13-15/h3,6-9,15H,1,4-5,10-13H2,2H3,(H,18,20). The van der Waals surface area contributed by atoms with Crippen LogP contribution in [0.5, 0.6) is 0 Å². The molecule has 20 heavy (non-hydrogen) atoms. The average Bonchev–Trinajstić information content (AvgIpc) is 2.47. The van der Waals surface area contributed by atoms with Gasteiger partial charge in [-0.05, 0) is 56.5 Å². The van der Waals surface area contributed by atoms with Crippen molar-refractivity contribution >= 4 is 12.0 Å². The Balaban J connectivity index is 1.75. The zero-order valence-electron chi connectivity index (χ0n) is 12.3. The Hall–Kier alpha value is -1.61. The van der Waals surface area contributed by atoms with E-state index in [4.69, 9.17) is 0 Å². The largest absolute Gasteiger partial charge is 0.352 e. The highest BCUT2D eigenvalue weighted by molar-refractivity contribution is 5.94. The minimum atomic E-state index is 0.0183. The highest BCUT2D eigenvalue weighted by Gasteiger charge is 2.16. The topological polar surface area (TPSA) is 32.3 Å². The van der Waals surface area contributed by atoms with Crippen LogP contribution in [-0.2, 0) is 0 Å².